The molecule has 2 rings (SSSR count). The van der Waals surface area contributed by atoms with Gasteiger partial charge in [0.2, 0.25) is 0 Å². The van der Waals surface area contributed by atoms with E-state index in [4.69, 9.17) is 0 Å². The summed E-state index contributed by atoms with van der Waals surface area (Å²) >= 11 is 0. The van der Waals surface area contributed by atoms with E-state index in [0.29, 0.717) is 5.39 Å². The highest BCUT2D eigenvalue weighted by Crippen LogP contribution is 2.08. The number of aromatic amines is 1. The highest BCUT2D eigenvalue weighted by Gasteiger charge is 2.00. The van der Waals surface area contributed by atoms with Gasteiger partial charge in [0.05, 0.1) is 11.1 Å². The molecule has 0 fully saturated rings. The van der Waals surface area contributed by atoms with Gasteiger partial charge >= 0.3 is 0 Å². The molecule has 2 heterocycles. The van der Waals surface area contributed by atoms with Gasteiger partial charge < -0.3 is 0 Å². The maximum absolute atomic E-state index is 11.2. The molecule has 0 aliphatic carbocycles. The highest BCUT2D eigenvalue weighted by molar-refractivity contribution is 5.81. The molecule has 0 radical (unpaired) electrons. The van der Waals surface area contributed by atoms with Crippen molar-refractivity contribution < 1.29 is 0 Å². The Balaban J connectivity index is 3.05. The first-order chi connectivity index (χ1) is 5.79. The molecule has 0 aliphatic heterocycles. The van der Waals surface area contributed by atoms with Gasteiger partial charge in [-0.25, -0.2) is 5.10 Å². The van der Waals surface area contributed by atoms with Gasteiger partial charge in [0.15, 0.2) is 0 Å². The maximum Gasteiger partial charge on any atom is 0.272 e. The average Bonchev–Trinajstić information content (AvgIpc) is 2.12. The quantitative estimate of drug-likeness (QED) is 0.616. The molecule has 0 saturated carbocycles. The Morgan fingerprint density at radius 2 is 2.25 bits per heavy atom. The van der Waals surface area contributed by atoms with Crippen LogP contribution in [0.1, 0.15) is 5.69 Å². The van der Waals surface area contributed by atoms with Crippen LogP contribution in [-0.2, 0) is 0 Å². The topological polar surface area (TPSA) is 58.6 Å². The Morgan fingerprint density at radius 3 is 3.00 bits per heavy atom. The zero-order valence-electron chi connectivity index (χ0n) is 6.53. The number of nitrogens with zero attached hydrogens (tertiary/aromatic N) is 2. The van der Waals surface area contributed by atoms with Gasteiger partial charge in [-0.1, -0.05) is 0 Å². The van der Waals surface area contributed by atoms with Crippen LogP contribution in [0.2, 0.25) is 0 Å². The van der Waals surface area contributed by atoms with Gasteiger partial charge in [-0.15, -0.1) is 0 Å². The number of fused-ring (bicyclic) bond motifs is 1. The van der Waals surface area contributed by atoms with Gasteiger partial charge in [-0.05, 0) is 13.0 Å². The lowest BCUT2D eigenvalue weighted by molar-refractivity contribution is 0.968. The third kappa shape index (κ3) is 0.887. The number of hydrogen-bond donors (Lipinski definition) is 1. The smallest absolute Gasteiger partial charge is 0.267 e. The summed E-state index contributed by atoms with van der Waals surface area (Å²) in [6.07, 6.45) is 3.24. The van der Waals surface area contributed by atoms with Crippen molar-refractivity contribution in [3.05, 3.63) is 34.5 Å². The molecule has 0 spiro atoms. The van der Waals surface area contributed by atoms with E-state index in [1.54, 1.807) is 18.5 Å². The number of hydrogen-bond acceptors (Lipinski definition) is 3. The predicted molar refractivity (Wildman–Crippen MR) is 44.9 cm³/mol. The fourth-order valence-corrected chi connectivity index (χ4v) is 1.14. The monoisotopic (exact) mass is 161 g/mol. The molecule has 0 bridgehead atoms. The molecule has 0 unspecified atom stereocenters. The highest BCUT2D eigenvalue weighted by atomic mass is 16.1. The van der Waals surface area contributed by atoms with Crippen molar-refractivity contribution in [2.75, 3.05) is 0 Å². The van der Waals surface area contributed by atoms with Crippen LogP contribution >= 0.6 is 0 Å². The number of aromatic nitrogens is 3. The van der Waals surface area contributed by atoms with Crippen LogP contribution in [0.25, 0.3) is 10.8 Å². The number of H-pyrrole nitrogens is 1. The Labute approximate surface area is 68.3 Å². The summed E-state index contributed by atoms with van der Waals surface area (Å²) in [5, 5.41) is 7.68. The van der Waals surface area contributed by atoms with Crippen LogP contribution in [0.4, 0.5) is 0 Å². The van der Waals surface area contributed by atoms with Gasteiger partial charge in [0, 0.05) is 17.8 Å². The summed E-state index contributed by atoms with van der Waals surface area (Å²) in [7, 11) is 0. The van der Waals surface area contributed by atoms with Crippen molar-refractivity contribution in [3.63, 3.8) is 0 Å². The molecule has 0 aliphatic rings. The molecular weight excluding hydrogens is 154 g/mol. The van der Waals surface area contributed by atoms with E-state index in [-0.39, 0.29) is 5.56 Å². The van der Waals surface area contributed by atoms with Gasteiger partial charge in [-0.3, -0.25) is 9.78 Å². The van der Waals surface area contributed by atoms with Gasteiger partial charge in [0.25, 0.3) is 5.56 Å². The van der Waals surface area contributed by atoms with Crippen LogP contribution in [0.15, 0.2) is 23.3 Å². The molecular formula is C8H7N3O. The molecule has 0 atom stereocenters. The second kappa shape index (κ2) is 2.41. The lowest BCUT2D eigenvalue weighted by Gasteiger charge is -1.96. The van der Waals surface area contributed by atoms with Crippen LogP contribution in [0, 0.1) is 6.92 Å². The van der Waals surface area contributed by atoms with E-state index < -0.39 is 0 Å². The van der Waals surface area contributed by atoms with Crippen molar-refractivity contribution in [2.45, 2.75) is 6.92 Å². The van der Waals surface area contributed by atoms with Crippen LogP contribution in [0.5, 0.6) is 0 Å². The first-order valence-corrected chi connectivity index (χ1v) is 3.58. The van der Waals surface area contributed by atoms with Crippen LogP contribution in [-0.4, -0.2) is 15.2 Å². The summed E-state index contributed by atoms with van der Waals surface area (Å²) in [5.74, 6) is 0. The molecule has 12 heavy (non-hydrogen) atoms. The summed E-state index contributed by atoms with van der Waals surface area (Å²) in [5.41, 5.74) is 0.621. The first kappa shape index (κ1) is 6.97. The van der Waals surface area contributed by atoms with E-state index in [1.807, 2.05) is 6.92 Å². The standard InChI is InChI=1S/C8H7N3O/c1-5-7-4-9-3-2-6(7)8(12)11-10-5/h2-4H,1H3,(H,11,12). The van der Waals surface area contributed by atoms with E-state index in [0.717, 1.165) is 11.1 Å². The average molecular weight is 161 g/mol. The number of aryl methyl sites for hydroxylation is 1. The molecule has 0 aromatic carbocycles. The summed E-state index contributed by atoms with van der Waals surface area (Å²) in [6.45, 7) is 1.83. The van der Waals surface area contributed by atoms with E-state index >= 15 is 0 Å². The third-order valence-corrected chi connectivity index (χ3v) is 1.78. The van der Waals surface area contributed by atoms with Crippen molar-refractivity contribution in [1.29, 1.82) is 0 Å². The number of rotatable bonds is 0. The number of pyridine rings is 1. The number of nitrogens with one attached hydrogen (secondary N) is 1. The SMILES string of the molecule is Cc1n[nH]c(=O)c2ccncc12. The van der Waals surface area contributed by atoms with E-state index in [2.05, 4.69) is 15.2 Å². The van der Waals surface area contributed by atoms with Crippen molar-refractivity contribution in [1.82, 2.24) is 15.2 Å². The summed E-state index contributed by atoms with van der Waals surface area (Å²) in [4.78, 5) is 15.1. The fraction of sp³-hybridized carbons (Fsp3) is 0.125. The van der Waals surface area contributed by atoms with Gasteiger partial charge in [0.1, 0.15) is 0 Å². The Hall–Kier alpha value is -1.71. The van der Waals surface area contributed by atoms with Crippen LogP contribution < -0.4 is 5.56 Å². The molecule has 2 aromatic heterocycles. The summed E-state index contributed by atoms with van der Waals surface area (Å²) in [6, 6.07) is 1.68. The molecule has 60 valence electrons. The maximum atomic E-state index is 11.2. The molecule has 2 aromatic rings. The van der Waals surface area contributed by atoms with Crippen molar-refractivity contribution >= 4 is 10.8 Å². The molecule has 0 amide bonds. The molecule has 0 saturated heterocycles. The Morgan fingerprint density at radius 1 is 1.42 bits per heavy atom. The molecule has 1 N–H and O–H groups in total. The first-order valence-electron chi connectivity index (χ1n) is 3.58. The predicted octanol–water partition coefficient (Wildman–Crippen LogP) is 0.627. The largest absolute Gasteiger partial charge is 0.272 e. The minimum absolute atomic E-state index is 0.169. The zero-order chi connectivity index (χ0) is 8.55. The molecule has 4 heteroatoms. The van der Waals surface area contributed by atoms with Gasteiger partial charge in [-0.2, -0.15) is 5.10 Å². The van der Waals surface area contributed by atoms with Crippen molar-refractivity contribution in [2.24, 2.45) is 0 Å². The van der Waals surface area contributed by atoms with E-state index in [9.17, 15) is 4.79 Å². The minimum atomic E-state index is -0.169. The summed E-state index contributed by atoms with van der Waals surface area (Å²) < 4.78 is 0. The fourth-order valence-electron chi connectivity index (χ4n) is 1.14. The second-order valence-electron chi connectivity index (χ2n) is 2.56. The Kier molecular flexibility index (Phi) is 1.40. The van der Waals surface area contributed by atoms with Crippen molar-refractivity contribution in [3.8, 4) is 0 Å². The lowest BCUT2D eigenvalue weighted by atomic mass is 10.2. The van der Waals surface area contributed by atoms with E-state index in [1.165, 1.54) is 0 Å². The zero-order valence-corrected chi connectivity index (χ0v) is 6.53. The molecule has 4 nitrogen and oxygen atoms in total. The normalized spacial score (nSPS) is 10.4. The van der Waals surface area contributed by atoms with Crippen LogP contribution in [0.3, 0.4) is 0 Å². The minimum Gasteiger partial charge on any atom is -0.267 e. The Bertz CT molecular complexity index is 475. The third-order valence-electron chi connectivity index (χ3n) is 1.78. The lowest BCUT2D eigenvalue weighted by Crippen LogP contribution is -2.09. The second-order valence-corrected chi connectivity index (χ2v) is 2.56.